The van der Waals surface area contributed by atoms with E-state index >= 15 is 0 Å². The molecule has 0 aromatic heterocycles. The molecule has 2 rings (SSSR count). The van der Waals surface area contributed by atoms with Gasteiger partial charge >= 0.3 is 5.97 Å². The van der Waals surface area contributed by atoms with Gasteiger partial charge in [0.15, 0.2) is 0 Å². The summed E-state index contributed by atoms with van der Waals surface area (Å²) < 4.78 is 7.60. The fraction of sp³-hybridized carbons (Fsp3) is 0.316. The van der Waals surface area contributed by atoms with E-state index < -0.39 is 5.97 Å². The normalized spacial score (nSPS) is 10.6. The third kappa shape index (κ3) is 6.04. The number of halogens is 2. The molecule has 0 unspecified atom stereocenters. The highest BCUT2D eigenvalue weighted by Crippen LogP contribution is 2.35. The van der Waals surface area contributed by atoms with Gasteiger partial charge in [-0.3, -0.25) is 4.79 Å². The number of hydrogen-bond donors (Lipinski definition) is 2. The lowest BCUT2D eigenvalue weighted by Gasteiger charge is -2.14. The number of hydrogen-bond acceptors (Lipinski definition) is 3. The Morgan fingerprint density at radius 2 is 1.80 bits per heavy atom. The van der Waals surface area contributed by atoms with E-state index in [-0.39, 0.29) is 6.42 Å². The highest BCUT2D eigenvalue weighted by Gasteiger charge is 2.11. The summed E-state index contributed by atoms with van der Waals surface area (Å²) in [4.78, 5) is 10.7. The predicted molar refractivity (Wildman–Crippen MR) is 107 cm³/mol. The van der Waals surface area contributed by atoms with Crippen LogP contribution >= 0.6 is 31.9 Å². The van der Waals surface area contributed by atoms with Crippen molar-refractivity contribution in [3.05, 3.63) is 56.0 Å². The predicted octanol–water partition coefficient (Wildman–Crippen LogP) is 5.55. The fourth-order valence-corrected chi connectivity index (χ4v) is 4.06. The smallest absolute Gasteiger partial charge is 0.303 e. The maximum absolute atomic E-state index is 10.7. The van der Waals surface area contributed by atoms with Crippen LogP contribution in [0.3, 0.4) is 0 Å². The molecule has 0 radical (unpaired) electrons. The molecule has 0 aliphatic carbocycles. The molecule has 0 spiro atoms. The van der Waals surface area contributed by atoms with Crippen LogP contribution in [0.25, 0.3) is 0 Å². The van der Waals surface area contributed by atoms with E-state index in [1.54, 1.807) is 0 Å². The highest BCUT2D eigenvalue weighted by atomic mass is 79.9. The Balaban J connectivity index is 2.11. The van der Waals surface area contributed by atoms with E-state index in [9.17, 15) is 4.79 Å². The molecular weight excluding hydrogens is 450 g/mol. The summed E-state index contributed by atoms with van der Waals surface area (Å²) in [5, 5.41) is 12.1. The Labute approximate surface area is 164 Å². The number of carboxylic acid groups (broad SMARTS) is 1. The molecule has 6 heteroatoms. The molecule has 134 valence electrons. The monoisotopic (exact) mass is 469 g/mol. The first-order valence-corrected chi connectivity index (χ1v) is 9.64. The average Bonchev–Trinajstić information content (AvgIpc) is 2.52. The van der Waals surface area contributed by atoms with Gasteiger partial charge in [-0.1, -0.05) is 6.07 Å². The number of rotatable bonds is 8. The summed E-state index contributed by atoms with van der Waals surface area (Å²) in [7, 11) is 0. The Morgan fingerprint density at radius 1 is 1.12 bits per heavy atom. The van der Waals surface area contributed by atoms with Crippen molar-refractivity contribution in [2.75, 3.05) is 11.9 Å². The molecule has 2 aromatic carbocycles. The van der Waals surface area contributed by atoms with Gasteiger partial charge in [0.1, 0.15) is 12.4 Å². The van der Waals surface area contributed by atoms with Crippen LogP contribution < -0.4 is 10.1 Å². The molecule has 0 heterocycles. The zero-order chi connectivity index (χ0) is 18.4. The molecule has 0 aliphatic heterocycles. The second kappa shape index (κ2) is 9.25. The van der Waals surface area contributed by atoms with Gasteiger partial charge in [-0.2, -0.15) is 0 Å². The maximum Gasteiger partial charge on any atom is 0.303 e. The van der Waals surface area contributed by atoms with E-state index in [1.807, 2.05) is 12.1 Å². The van der Waals surface area contributed by atoms with Crippen LogP contribution in [0, 0.1) is 6.92 Å². The van der Waals surface area contributed by atoms with Crippen LogP contribution in [-0.4, -0.2) is 17.6 Å². The minimum atomic E-state index is -0.802. The summed E-state index contributed by atoms with van der Waals surface area (Å²) in [6.45, 7) is 5.45. The number of carboxylic acids is 1. The summed E-state index contributed by atoms with van der Waals surface area (Å²) in [6, 6.07) is 10.1. The Hall–Kier alpha value is -1.53. The van der Waals surface area contributed by atoms with E-state index in [0.717, 1.165) is 32.3 Å². The van der Waals surface area contributed by atoms with Crippen molar-refractivity contribution in [3.8, 4) is 5.75 Å². The summed E-state index contributed by atoms with van der Waals surface area (Å²) >= 11 is 7.04. The van der Waals surface area contributed by atoms with Crippen LogP contribution in [0.1, 0.15) is 30.0 Å². The quantitative estimate of drug-likeness (QED) is 0.531. The largest absolute Gasteiger partial charge is 0.487 e. The zero-order valence-corrected chi connectivity index (χ0v) is 17.4. The SMILES string of the molecule is CCNc1cc(C)cc(COc2c(Br)cc(CCC(=O)O)cc2Br)c1. The van der Waals surface area contributed by atoms with E-state index in [0.29, 0.717) is 18.8 Å². The number of aliphatic carboxylic acids is 1. The molecular formula is C19H21Br2NO3. The third-order valence-electron chi connectivity index (χ3n) is 3.59. The van der Waals surface area contributed by atoms with Crippen molar-refractivity contribution in [2.24, 2.45) is 0 Å². The molecule has 4 nitrogen and oxygen atoms in total. The number of ether oxygens (including phenoxy) is 1. The first-order valence-electron chi connectivity index (χ1n) is 8.06. The number of aryl methyl sites for hydroxylation is 2. The average molecular weight is 471 g/mol. The molecule has 0 aliphatic rings. The van der Waals surface area contributed by atoms with Gasteiger partial charge in [0, 0.05) is 18.7 Å². The van der Waals surface area contributed by atoms with Crippen LogP contribution in [0.15, 0.2) is 39.3 Å². The van der Waals surface area contributed by atoms with Gasteiger partial charge < -0.3 is 15.2 Å². The maximum atomic E-state index is 10.7. The first-order chi connectivity index (χ1) is 11.9. The first kappa shape index (κ1) is 19.8. The Kier molecular flexibility index (Phi) is 7.32. The van der Waals surface area contributed by atoms with Gasteiger partial charge in [0.25, 0.3) is 0 Å². The van der Waals surface area contributed by atoms with Crippen molar-refractivity contribution < 1.29 is 14.6 Å². The molecule has 0 saturated carbocycles. The van der Waals surface area contributed by atoms with Crippen LogP contribution in [-0.2, 0) is 17.8 Å². The van der Waals surface area contributed by atoms with Gasteiger partial charge in [0.05, 0.1) is 8.95 Å². The van der Waals surface area contributed by atoms with E-state index in [4.69, 9.17) is 9.84 Å². The molecule has 0 amide bonds. The lowest BCUT2D eigenvalue weighted by molar-refractivity contribution is -0.136. The number of benzene rings is 2. The number of anilines is 1. The van der Waals surface area contributed by atoms with Gasteiger partial charge in [-0.05, 0) is 93.1 Å². The minimum Gasteiger partial charge on any atom is -0.487 e. The van der Waals surface area contributed by atoms with Gasteiger partial charge in [-0.15, -0.1) is 0 Å². The fourth-order valence-electron chi connectivity index (χ4n) is 2.55. The van der Waals surface area contributed by atoms with Gasteiger partial charge in [-0.25, -0.2) is 0 Å². The van der Waals surface area contributed by atoms with Crippen molar-refractivity contribution in [2.45, 2.75) is 33.3 Å². The molecule has 0 fully saturated rings. The lowest BCUT2D eigenvalue weighted by atomic mass is 10.1. The summed E-state index contributed by atoms with van der Waals surface area (Å²) in [5.41, 5.74) is 4.30. The Bertz CT molecular complexity index is 739. The van der Waals surface area contributed by atoms with Crippen molar-refractivity contribution >= 4 is 43.5 Å². The van der Waals surface area contributed by atoms with Gasteiger partial charge in [0.2, 0.25) is 0 Å². The molecule has 2 N–H and O–H groups in total. The lowest BCUT2D eigenvalue weighted by Crippen LogP contribution is -2.02. The Morgan fingerprint density at radius 3 is 2.40 bits per heavy atom. The third-order valence-corrected chi connectivity index (χ3v) is 4.76. The van der Waals surface area contributed by atoms with Crippen molar-refractivity contribution in [1.29, 1.82) is 0 Å². The van der Waals surface area contributed by atoms with Crippen molar-refractivity contribution in [1.82, 2.24) is 0 Å². The second-order valence-corrected chi connectivity index (χ2v) is 7.52. The molecule has 0 bridgehead atoms. The molecule has 2 aromatic rings. The second-order valence-electron chi connectivity index (χ2n) is 5.81. The summed E-state index contributed by atoms with van der Waals surface area (Å²) in [6.07, 6.45) is 0.590. The minimum absolute atomic E-state index is 0.107. The highest BCUT2D eigenvalue weighted by molar-refractivity contribution is 9.11. The summed E-state index contributed by atoms with van der Waals surface area (Å²) in [5.74, 6) is -0.0888. The standard InChI is InChI=1S/C19H21Br2NO3/c1-3-22-15-7-12(2)6-14(8-15)11-25-19-16(20)9-13(10-17(19)21)4-5-18(23)24/h6-10,22H,3-5,11H2,1-2H3,(H,23,24). The topological polar surface area (TPSA) is 58.6 Å². The molecule has 25 heavy (non-hydrogen) atoms. The number of carbonyl (C=O) groups is 1. The zero-order valence-electron chi connectivity index (χ0n) is 14.2. The molecule has 0 saturated heterocycles. The van der Waals surface area contributed by atoms with Crippen LogP contribution in [0.5, 0.6) is 5.75 Å². The van der Waals surface area contributed by atoms with E-state index in [2.05, 4.69) is 69.2 Å². The van der Waals surface area contributed by atoms with Crippen LogP contribution in [0.4, 0.5) is 5.69 Å². The van der Waals surface area contributed by atoms with Crippen molar-refractivity contribution in [3.63, 3.8) is 0 Å². The number of nitrogens with one attached hydrogen (secondary N) is 1. The molecule has 0 atom stereocenters. The van der Waals surface area contributed by atoms with Crippen LogP contribution in [0.2, 0.25) is 0 Å². The van der Waals surface area contributed by atoms with E-state index in [1.165, 1.54) is 5.56 Å².